The molecule has 8 nitrogen and oxygen atoms in total. The molecule has 0 bridgehead atoms. The van der Waals surface area contributed by atoms with E-state index in [0.717, 1.165) is 4.90 Å². The van der Waals surface area contributed by atoms with Crippen LogP contribution in [0.1, 0.15) is 44.9 Å². The van der Waals surface area contributed by atoms with Gasteiger partial charge in [0, 0.05) is 5.69 Å². The third-order valence-corrected chi connectivity index (χ3v) is 4.36. The lowest BCUT2D eigenvalue weighted by Crippen LogP contribution is -2.43. The highest BCUT2D eigenvalue weighted by atomic mass is 32.1. The molecule has 3 amide bonds. The molecule has 0 unspecified atom stereocenters. The van der Waals surface area contributed by atoms with Gasteiger partial charge in [0.1, 0.15) is 6.54 Å². The summed E-state index contributed by atoms with van der Waals surface area (Å²) in [5.41, 5.74) is 1.47. The second kappa shape index (κ2) is 8.83. The summed E-state index contributed by atoms with van der Waals surface area (Å²) in [6, 6.07) is 12.7. The molecule has 0 fully saturated rings. The number of hydrogen-bond acceptors (Lipinski definition) is 6. The van der Waals surface area contributed by atoms with Crippen LogP contribution in [0.5, 0.6) is 0 Å². The zero-order valence-electron chi connectivity index (χ0n) is 16.3. The molecule has 30 heavy (non-hydrogen) atoms. The lowest BCUT2D eigenvalue weighted by molar-refractivity contribution is -0.120. The first kappa shape index (κ1) is 21.1. The van der Waals surface area contributed by atoms with Crippen LogP contribution in [-0.4, -0.2) is 46.4 Å². The van der Waals surface area contributed by atoms with Gasteiger partial charge in [0.05, 0.1) is 22.8 Å². The molecule has 2 aromatic rings. The summed E-state index contributed by atoms with van der Waals surface area (Å²) in [6.45, 7) is 3.07. The second-order valence-corrected chi connectivity index (χ2v) is 7.18. The number of nitrogens with zero attached hydrogens (tertiary/aromatic N) is 1. The maximum Gasteiger partial charge on any atom is 0.338 e. The fourth-order valence-electron chi connectivity index (χ4n) is 2.83. The van der Waals surface area contributed by atoms with Gasteiger partial charge in [0.2, 0.25) is 5.91 Å². The number of rotatable bonds is 5. The minimum Gasteiger partial charge on any atom is -0.459 e. The summed E-state index contributed by atoms with van der Waals surface area (Å²) in [6.07, 6.45) is -0.222. The smallest absolute Gasteiger partial charge is 0.338 e. The van der Waals surface area contributed by atoms with Gasteiger partial charge in [0.15, 0.2) is 5.11 Å². The van der Waals surface area contributed by atoms with Crippen molar-refractivity contribution in [3.63, 3.8) is 0 Å². The number of nitrogens with one attached hydrogen (secondary N) is 2. The van der Waals surface area contributed by atoms with Crippen molar-refractivity contribution >= 4 is 46.7 Å². The van der Waals surface area contributed by atoms with Crippen molar-refractivity contribution in [2.24, 2.45) is 0 Å². The van der Waals surface area contributed by atoms with Gasteiger partial charge in [-0.3, -0.25) is 19.3 Å². The van der Waals surface area contributed by atoms with Crippen LogP contribution in [0.25, 0.3) is 0 Å². The third kappa shape index (κ3) is 4.69. The first-order valence-corrected chi connectivity index (χ1v) is 9.54. The molecular weight excluding hydrogens is 406 g/mol. The Morgan fingerprint density at radius 1 is 1.00 bits per heavy atom. The predicted octanol–water partition coefficient (Wildman–Crippen LogP) is 2.36. The number of carbonyl (C=O) groups is 4. The van der Waals surface area contributed by atoms with Crippen molar-refractivity contribution in [1.82, 2.24) is 10.2 Å². The van der Waals surface area contributed by atoms with E-state index in [1.165, 1.54) is 0 Å². The van der Waals surface area contributed by atoms with Crippen LogP contribution in [0.2, 0.25) is 0 Å². The summed E-state index contributed by atoms with van der Waals surface area (Å²) in [5, 5.41) is 5.23. The summed E-state index contributed by atoms with van der Waals surface area (Å²) in [4.78, 5) is 49.6. The quantitative estimate of drug-likeness (QED) is 0.430. The van der Waals surface area contributed by atoms with Gasteiger partial charge in [0.25, 0.3) is 11.8 Å². The summed E-state index contributed by atoms with van der Waals surface area (Å²) < 4.78 is 5.11. The number of carbonyl (C=O) groups excluding carboxylic acids is 4. The Hall–Kier alpha value is -3.59. The van der Waals surface area contributed by atoms with Crippen LogP contribution < -0.4 is 10.6 Å². The molecule has 0 saturated carbocycles. The Morgan fingerprint density at radius 3 is 2.10 bits per heavy atom. The molecule has 0 spiro atoms. The van der Waals surface area contributed by atoms with Gasteiger partial charge in [-0.05, 0) is 62.5 Å². The van der Waals surface area contributed by atoms with Gasteiger partial charge in [-0.2, -0.15) is 0 Å². The molecule has 1 heterocycles. The Morgan fingerprint density at radius 2 is 1.57 bits per heavy atom. The van der Waals surface area contributed by atoms with Gasteiger partial charge in [-0.1, -0.05) is 12.1 Å². The SMILES string of the molecule is CC(C)OC(=O)c1ccc(NC(=S)NC(=O)CN2C(=O)c3ccccc3C2=O)cc1. The number of imide groups is 1. The Bertz CT molecular complexity index is 998. The van der Waals surface area contributed by atoms with Crippen molar-refractivity contribution in [2.45, 2.75) is 20.0 Å². The van der Waals surface area contributed by atoms with Gasteiger partial charge >= 0.3 is 5.97 Å². The Balaban J connectivity index is 1.54. The average molecular weight is 425 g/mol. The maximum atomic E-state index is 12.3. The Kier molecular flexibility index (Phi) is 6.22. The molecule has 1 aliphatic rings. The van der Waals surface area contributed by atoms with Crippen LogP contribution >= 0.6 is 12.2 Å². The normalized spacial score (nSPS) is 12.6. The second-order valence-electron chi connectivity index (χ2n) is 6.78. The van der Waals surface area contributed by atoms with E-state index in [1.807, 2.05) is 0 Å². The van der Waals surface area contributed by atoms with Crippen molar-refractivity contribution in [1.29, 1.82) is 0 Å². The van der Waals surface area contributed by atoms with Crippen molar-refractivity contribution in [3.8, 4) is 0 Å². The first-order valence-electron chi connectivity index (χ1n) is 9.13. The molecule has 3 rings (SSSR count). The highest BCUT2D eigenvalue weighted by Crippen LogP contribution is 2.21. The minimum atomic E-state index is -0.612. The number of thiocarbonyl (C=S) groups is 1. The van der Waals surface area contributed by atoms with E-state index in [4.69, 9.17) is 17.0 Å². The molecule has 0 atom stereocenters. The molecule has 0 radical (unpaired) electrons. The van der Waals surface area contributed by atoms with Crippen LogP contribution in [0.3, 0.4) is 0 Å². The minimum absolute atomic E-state index is 0.00545. The van der Waals surface area contributed by atoms with E-state index in [1.54, 1.807) is 62.4 Å². The number of hydrogen-bond donors (Lipinski definition) is 2. The van der Waals surface area contributed by atoms with Gasteiger partial charge < -0.3 is 15.4 Å². The first-order chi connectivity index (χ1) is 14.3. The molecule has 154 valence electrons. The fraction of sp³-hybridized carbons (Fsp3) is 0.190. The maximum absolute atomic E-state index is 12.3. The van der Waals surface area contributed by atoms with E-state index in [0.29, 0.717) is 11.3 Å². The predicted molar refractivity (Wildman–Crippen MR) is 113 cm³/mol. The number of amides is 3. The largest absolute Gasteiger partial charge is 0.459 e. The number of anilines is 1. The molecule has 9 heteroatoms. The molecule has 2 aromatic carbocycles. The number of fused-ring (bicyclic) bond motifs is 1. The van der Waals surface area contributed by atoms with Crippen LogP contribution in [0.15, 0.2) is 48.5 Å². The average Bonchev–Trinajstić information content (AvgIpc) is 2.93. The van der Waals surface area contributed by atoms with E-state index < -0.39 is 30.2 Å². The van der Waals surface area contributed by atoms with Crippen molar-refractivity contribution in [3.05, 3.63) is 65.2 Å². The van der Waals surface area contributed by atoms with E-state index in [-0.39, 0.29) is 22.3 Å². The van der Waals surface area contributed by atoms with Crippen LogP contribution in [-0.2, 0) is 9.53 Å². The van der Waals surface area contributed by atoms with Crippen LogP contribution in [0.4, 0.5) is 5.69 Å². The topological polar surface area (TPSA) is 105 Å². The molecule has 0 saturated heterocycles. The lowest BCUT2D eigenvalue weighted by Gasteiger charge is -2.15. The van der Waals surface area contributed by atoms with E-state index >= 15 is 0 Å². The highest BCUT2D eigenvalue weighted by Gasteiger charge is 2.36. The standard InChI is InChI=1S/C21H19N3O5S/c1-12(2)29-20(28)13-7-9-14(10-8-13)22-21(30)23-17(25)11-24-18(26)15-5-3-4-6-16(15)19(24)27/h3-10,12H,11H2,1-2H3,(H2,22,23,25,30). The summed E-state index contributed by atoms with van der Waals surface area (Å²) in [5.74, 6) is -2.09. The van der Waals surface area contributed by atoms with Crippen molar-refractivity contribution < 1.29 is 23.9 Å². The number of benzene rings is 2. The summed E-state index contributed by atoms with van der Waals surface area (Å²) in [7, 11) is 0. The number of esters is 1. The van der Waals surface area contributed by atoms with Crippen molar-refractivity contribution in [2.75, 3.05) is 11.9 Å². The highest BCUT2D eigenvalue weighted by molar-refractivity contribution is 7.80. The zero-order chi connectivity index (χ0) is 21.8. The van der Waals surface area contributed by atoms with Gasteiger partial charge in [-0.15, -0.1) is 0 Å². The van der Waals surface area contributed by atoms with Crippen LogP contribution in [0, 0.1) is 0 Å². The monoisotopic (exact) mass is 425 g/mol. The fourth-order valence-corrected chi connectivity index (χ4v) is 3.06. The number of ether oxygens (including phenoxy) is 1. The molecule has 2 N–H and O–H groups in total. The molecule has 0 aromatic heterocycles. The Labute approximate surface area is 178 Å². The third-order valence-electron chi connectivity index (χ3n) is 4.15. The summed E-state index contributed by atoms with van der Waals surface area (Å²) >= 11 is 5.10. The molecule has 0 aliphatic carbocycles. The van der Waals surface area contributed by atoms with E-state index in [2.05, 4.69) is 10.6 Å². The molecular formula is C21H19N3O5S. The zero-order valence-corrected chi connectivity index (χ0v) is 17.1. The molecule has 1 aliphatic heterocycles. The van der Waals surface area contributed by atoms with E-state index in [9.17, 15) is 19.2 Å². The van der Waals surface area contributed by atoms with Gasteiger partial charge in [-0.25, -0.2) is 4.79 Å². The lowest BCUT2D eigenvalue weighted by atomic mass is 10.1.